The van der Waals surface area contributed by atoms with E-state index in [1.165, 1.54) is 25.3 Å². The number of nitrogens with zero attached hydrogens (tertiary/aromatic N) is 1. The molecule has 1 aromatic heterocycles. The summed E-state index contributed by atoms with van der Waals surface area (Å²) in [6, 6.07) is 4.98. The van der Waals surface area contributed by atoms with Crippen molar-refractivity contribution in [3.63, 3.8) is 0 Å². The zero-order chi connectivity index (χ0) is 25.8. The Morgan fingerprint density at radius 2 is 1.86 bits per heavy atom. The molecule has 198 valence electrons. The van der Waals surface area contributed by atoms with Crippen molar-refractivity contribution < 1.29 is 17.9 Å². The van der Waals surface area contributed by atoms with Crippen molar-refractivity contribution in [2.45, 2.75) is 82.1 Å². The molecule has 1 aliphatic heterocycles. The Hall–Kier alpha value is -2.01. The van der Waals surface area contributed by atoms with Gasteiger partial charge in [-0.2, -0.15) is 0 Å². The highest BCUT2D eigenvalue weighted by atomic mass is 32.2. The molecule has 0 spiro atoms. The normalized spacial score (nSPS) is 18.2. The number of carbonyl (C=O) groups is 1. The van der Waals surface area contributed by atoms with Gasteiger partial charge in [-0.1, -0.05) is 25.3 Å². The summed E-state index contributed by atoms with van der Waals surface area (Å²) in [4.78, 5) is 18.0. The molecule has 0 atom stereocenters. The molecule has 3 N–H and O–H groups in total. The van der Waals surface area contributed by atoms with E-state index in [0.717, 1.165) is 48.7 Å². The van der Waals surface area contributed by atoms with Crippen molar-refractivity contribution in [2.75, 3.05) is 25.0 Å². The number of carbonyl (C=O) groups excluding carboxylic acids is 1. The van der Waals surface area contributed by atoms with E-state index in [1.807, 2.05) is 0 Å². The number of piperidine rings is 1. The molecular weight excluding hydrogens is 496 g/mol. The number of rotatable bonds is 7. The van der Waals surface area contributed by atoms with E-state index in [4.69, 9.17) is 4.74 Å². The molecule has 1 saturated carbocycles. The second-order valence-corrected chi connectivity index (χ2v) is 13.6. The van der Waals surface area contributed by atoms with Crippen molar-refractivity contribution in [2.24, 2.45) is 5.92 Å². The summed E-state index contributed by atoms with van der Waals surface area (Å²) in [5.41, 5.74) is 0.300. The van der Waals surface area contributed by atoms with E-state index in [0.29, 0.717) is 29.7 Å². The fraction of sp³-hybridized carbons (Fsp3) is 0.615. The number of hydrogen-bond donors (Lipinski definition) is 3. The first-order valence-electron chi connectivity index (χ1n) is 12.9. The number of ether oxygens (including phenoxy) is 1. The molecule has 0 radical (unpaired) electrons. The van der Waals surface area contributed by atoms with Crippen molar-refractivity contribution in [3.8, 4) is 10.4 Å². The van der Waals surface area contributed by atoms with Gasteiger partial charge in [0.25, 0.3) is 0 Å². The minimum Gasteiger partial charge on any atom is -0.449 e. The molecular formula is C26H38N4O4S2. The number of sulfonamides is 1. The highest BCUT2D eigenvalue weighted by Crippen LogP contribution is 2.39. The summed E-state index contributed by atoms with van der Waals surface area (Å²) in [5.74, 6) is 0.789. The molecule has 8 nitrogen and oxygen atoms in total. The number of hydrogen-bond acceptors (Lipinski definition) is 7. The Balaban J connectivity index is 1.57. The molecule has 1 aliphatic carbocycles. The maximum atomic E-state index is 13.4. The minimum atomic E-state index is -3.87. The van der Waals surface area contributed by atoms with Gasteiger partial charge in [0.15, 0.2) is 0 Å². The van der Waals surface area contributed by atoms with Crippen LogP contribution in [0.25, 0.3) is 10.4 Å². The zero-order valence-corrected chi connectivity index (χ0v) is 23.1. The largest absolute Gasteiger partial charge is 0.449 e. The highest BCUT2D eigenvalue weighted by Gasteiger charge is 2.27. The van der Waals surface area contributed by atoms with Gasteiger partial charge in [0.2, 0.25) is 10.0 Å². The van der Waals surface area contributed by atoms with Gasteiger partial charge in [-0.15, -0.1) is 11.3 Å². The lowest BCUT2D eigenvalue weighted by molar-refractivity contribution is 0.131. The van der Waals surface area contributed by atoms with Crippen molar-refractivity contribution in [3.05, 3.63) is 29.4 Å². The summed E-state index contributed by atoms with van der Waals surface area (Å²) in [6.07, 6.45) is 9.10. The first-order valence-corrected chi connectivity index (χ1v) is 15.2. The van der Waals surface area contributed by atoms with Gasteiger partial charge < -0.3 is 10.1 Å². The number of thiazole rings is 1. The molecule has 0 unspecified atom stereocenters. The molecule has 4 rings (SSSR count). The lowest BCUT2D eigenvalue weighted by Gasteiger charge is -2.23. The van der Waals surface area contributed by atoms with Crippen molar-refractivity contribution >= 4 is 33.1 Å². The van der Waals surface area contributed by atoms with Gasteiger partial charge in [-0.3, -0.25) is 5.32 Å². The molecule has 10 heteroatoms. The molecule has 2 heterocycles. The van der Waals surface area contributed by atoms with Gasteiger partial charge in [0.1, 0.15) is 0 Å². The lowest BCUT2D eigenvalue weighted by Crippen LogP contribution is -2.40. The first kappa shape index (κ1) is 27.0. The standard InChI is InChI=1S/C26H38N4O4S2/c1-26(2,3)30-36(32,33)23-15-20(29-25(31)34-17-18-11-13-27-14-12-18)9-10-21(23)22-16-28-24(35-22)19-7-5-4-6-8-19/h9-10,15-16,18-19,27,30H,4-8,11-14,17H2,1-3H3,(H,29,31). The third-order valence-electron chi connectivity index (χ3n) is 6.61. The number of amides is 1. The third kappa shape index (κ3) is 7.27. The quantitative estimate of drug-likeness (QED) is 0.434. The topological polar surface area (TPSA) is 109 Å². The second-order valence-electron chi connectivity index (χ2n) is 10.9. The van der Waals surface area contributed by atoms with E-state index in [9.17, 15) is 13.2 Å². The van der Waals surface area contributed by atoms with Gasteiger partial charge in [0, 0.05) is 28.9 Å². The monoisotopic (exact) mass is 534 g/mol. The average molecular weight is 535 g/mol. The van der Waals surface area contributed by atoms with Crippen LogP contribution in [0.15, 0.2) is 29.3 Å². The molecule has 1 saturated heterocycles. The predicted octanol–water partition coefficient (Wildman–Crippen LogP) is 5.48. The Bertz CT molecular complexity index is 1140. The van der Waals surface area contributed by atoms with Crippen LogP contribution in [-0.4, -0.2) is 44.7 Å². The van der Waals surface area contributed by atoms with E-state index < -0.39 is 21.7 Å². The van der Waals surface area contributed by atoms with Crippen LogP contribution in [-0.2, 0) is 14.8 Å². The lowest BCUT2D eigenvalue weighted by atomic mass is 9.90. The predicted molar refractivity (Wildman–Crippen MR) is 144 cm³/mol. The zero-order valence-electron chi connectivity index (χ0n) is 21.4. The smallest absolute Gasteiger partial charge is 0.411 e. The van der Waals surface area contributed by atoms with Crippen LogP contribution >= 0.6 is 11.3 Å². The van der Waals surface area contributed by atoms with Crippen LogP contribution in [0.5, 0.6) is 0 Å². The molecule has 36 heavy (non-hydrogen) atoms. The van der Waals surface area contributed by atoms with Crippen LogP contribution in [0, 0.1) is 5.92 Å². The minimum absolute atomic E-state index is 0.118. The second kappa shape index (κ2) is 11.6. The molecule has 2 aliphatic rings. The molecule has 1 aromatic carbocycles. The summed E-state index contributed by atoms with van der Waals surface area (Å²) < 4.78 is 35.1. The van der Waals surface area contributed by atoms with E-state index in [-0.39, 0.29) is 4.90 Å². The van der Waals surface area contributed by atoms with Crippen LogP contribution in [0.3, 0.4) is 0 Å². The Morgan fingerprint density at radius 1 is 1.14 bits per heavy atom. The Morgan fingerprint density at radius 3 is 2.56 bits per heavy atom. The Kier molecular flexibility index (Phi) is 8.70. The summed E-state index contributed by atoms with van der Waals surface area (Å²) in [7, 11) is -3.87. The summed E-state index contributed by atoms with van der Waals surface area (Å²) in [5, 5.41) is 7.08. The highest BCUT2D eigenvalue weighted by molar-refractivity contribution is 7.89. The van der Waals surface area contributed by atoms with Crippen LogP contribution in [0.1, 0.15) is 76.6 Å². The summed E-state index contributed by atoms with van der Waals surface area (Å²) in [6.45, 7) is 7.63. The molecule has 2 aromatic rings. The van der Waals surface area contributed by atoms with Crippen LogP contribution < -0.4 is 15.4 Å². The fourth-order valence-electron chi connectivity index (χ4n) is 4.83. The van der Waals surface area contributed by atoms with Gasteiger partial charge in [-0.05, 0) is 77.6 Å². The van der Waals surface area contributed by atoms with Gasteiger partial charge >= 0.3 is 6.09 Å². The number of nitrogens with one attached hydrogen (secondary N) is 3. The number of aromatic nitrogens is 1. The molecule has 1 amide bonds. The first-order chi connectivity index (χ1) is 17.1. The van der Waals surface area contributed by atoms with E-state index in [2.05, 4.69) is 20.3 Å². The SMILES string of the molecule is CC(C)(C)NS(=O)(=O)c1cc(NC(=O)OCC2CCNCC2)ccc1-c1cnc(C2CCCCC2)s1. The van der Waals surface area contributed by atoms with Crippen LogP contribution in [0.4, 0.5) is 10.5 Å². The Labute approximate surface area is 218 Å². The maximum absolute atomic E-state index is 13.4. The number of benzene rings is 1. The van der Waals surface area contributed by atoms with E-state index in [1.54, 1.807) is 50.4 Å². The maximum Gasteiger partial charge on any atom is 0.411 e. The summed E-state index contributed by atoms with van der Waals surface area (Å²) >= 11 is 1.56. The van der Waals surface area contributed by atoms with Crippen molar-refractivity contribution in [1.29, 1.82) is 0 Å². The average Bonchev–Trinajstić information content (AvgIpc) is 3.33. The molecule has 0 bridgehead atoms. The van der Waals surface area contributed by atoms with E-state index >= 15 is 0 Å². The fourth-order valence-corrected chi connectivity index (χ4v) is 7.69. The van der Waals surface area contributed by atoms with Gasteiger partial charge in [0.05, 0.1) is 21.4 Å². The molecule has 2 fully saturated rings. The third-order valence-corrected chi connectivity index (χ3v) is 9.60. The van der Waals surface area contributed by atoms with Crippen molar-refractivity contribution in [1.82, 2.24) is 15.0 Å². The van der Waals surface area contributed by atoms with Gasteiger partial charge in [-0.25, -0.2) is 22.9 Å². The number of anilines is 1. The van der Waals surface area contributed by atoms with Crippen LogP contribution in [0.2, 0.25) is 0 Å².